The molecular weight excluding hydrogens is 394 g/mol. The molecule has 0 aliphatic rings. The van der Waals surface area contributed by atoms with Gasteiger partial charge in [0, 0.05) is 5.56 Å². The monoisotopic (exact) mass is 413 g/mol. The zero-order valence-corrected chi connectivity index (χ0v) is 16.2. The maximum absolute atomic E-state index is 14.5. The lowest BCUT2D eigenvalue weighted by atomic mass is 10.1. The van der Waals surface area contributed by atoms with Crippen molar-refractivity contribution in [1.29, 1.82) is 0 Å². The van der Waals surface area contributed by atoms with Gasteiger partial charge in [-0.2, -0.15) is 13.2 Å². The summed E-state index contributed by atoms with van der Waals surface area (Å²) in [6, 6.07) is 19.0. The molecule has 0 unspecified atom stereocenters. The van der Waals surface area contributed by atoms with Crippen LogP contribution in [-0.2, 0) is 17.5 Å². The Balaban J connectivity index is 1.89. The predicted molar refractivity (Wildman–Crippen MR) is 109 cm³/mol. The van der Waals surface area contributed by atoms with Crippen LogP contribution < -0.4 is 0 Å². The van der Waals surface area contributed by atoms with Gasteiger partial charge in [0.2, 0.25) is 0 Å². The van der Waals surface area contributed by atoms with Crippen molar-refractivity contribution in [2.75, 3.05) is 0 Å². The van der Waals surface area contributed by atoms with Crippen LogP contribution in [0.1, 0.15) is 22.3 Å². The van der Waals surface area contributed by atoms with E-state index in [4.69, 9.17) is 4.74 Å². The van der Waals surface area contributed by atoms with Gasteiger partial charge in [0.05, 0.1) is 23.2 Å². The molecule has 3 aromatic carbocycles. The fourth-order valence-electron chi connectivity index (χ4n) is 2.68. The number of aliphatic imine (C=N–C) groups is 1. The first kappa shape index (κ1) is 21.3. The van der Waals surface area contributed by atoms with Crippen LogP contribution in [0.3, 0.4) is 0 Å². The summed E-state index contributed by atoms with van der Waals surface area (Å²) in [6.07, 6.45) is -1.83. The molecule has 0 aliphatic heterocycles. The van der Waals surface area contributed by atoms with Crippen LogP contribution in [0, 0.1) is 12.7 Å². The van der Waals surface area contributed by atoms with Crippen LogP contribution in [0.4, 0.5) is 23.2 Å². The van der Waals surface area contributed by atoms with Gasteiger partial charge in [-0.15, -0.1) is 0 Å². The smallest absolute Gasteiger partial charge is 0.416 e. The first-order valence-electron chi connectivity index (χ1n) is 9.17. The Labute approximate surface area is 172 Å². The lowest BCUT2D eigenvalue weighted by Crippen LogP contribution is -2.08. The highest BCUT2D eigenvalue weighted by Crippen LogP contribution is 2.30. The zero-order valence-electron chi connectivity index (χ0n) is 16.2. The molecule has 154 valence electrons. The molecule has 0 radical (unpaired) electrons. The summed E-state index contributed by atoms with van der Waals surface area (Å²) < 4.78 is 58.6. The fraction of sp³-hybridized carbons (Fsp3) is 0.125. The fourth-order valence-corrected chi connectivity index (χ4v) is 2.68. The average Bonchev–Trinajstić information content (AvgIpc) is 2.72. The van der Waals surface area contributed by atoms with Crippen LogP contribution in [0.5, 0.6) is 0 Å². The van der Waals surface area contributed by atoms with Gasteiger partial charge in [-0.3, -0.25) is 0 Å². The van der Waals surface area contributed by atoms with Gasteiger partial charge in [0.15, 0.2) is 0 Å². The van der Waals surface area contributed by atoms with Gasteiger partial charge in [0.25, 0.3) is 0 Å². The van der Waals surface area contributed by atoms with E-state index in [1.54, 1.807) is 12.1 Å². The van der Waals surface area contributed by atoms with Crippen molar-refractivity contribution in [3.63, 3.8) is 0 Å². The highest BCUT2D eigenvalue weighted by Gasteiger charge is 2.31. The Morgan fingerprint density at radius 2 is 1.67 bits per heavy atom. The van der Waals surface area contributed by atoms with E-state index in [9.17, 15) is 17.6 Å². The summed E-state index contributed by atoms with van der Waals surface area (Å²) in [5.41, 5.74) is 1.56. The molecule has 0 spiro atoms. The summed E-state index contributed by atoms with van der Waals surface area (Å²) in [6.45, 7) is 2.21. The van der Waals surface area contributed by atoms with Crippen LogP contribution in [0.15, 0.2) is 90.1 Å². The van der Waals surface area contributed by atoms with Crippen molar-refractivity contribution in [2.45, 2.75) is 19.7 Å². The number of ether oxygens (including phenoxy) is 1. The Kier molecular flexibility index (Phi) is 6.67. The molecule has 30 heavy (non-hydrogen) atoms. The molecule has 0 aliphatic carbocycles. The van der Waals surface area contributed by atoms with Crippen molar-refractivity contribution in [2.24, 2.45) is 4.99 Å². The predicted octanol–water partition coefficient (Wildman–Crippen LogP) is 7.00. The third kappa shape index (κ3) is 5.80. The van der Waals surface area contributed by atoms with Gasteiger partial charge in [-0.1, -0.05) is 48.0 Å². The number of halogens is 4. The summed E-state index contributed by atoms with van der Waals surface area (Å²) in [5, 5.41) is 0. The first-order valence-corrected chi connectivity index (χ1v) is 9.17. The van der Waals surface area contributed by atoms with E-state index in [0.29, 0.717) is 18.4 Å². The third-order valence-corrected chi connectivity index (χ3v) is 4.27. The van der Waals surface area contributed by atoms with E-state index in [2.05, 4.69) is 4.99 Å². The first-order chi connectivity index (χ1) is 14.3. The van der Waals surface area contributed by atoms with Crippen LogP contribution in [0.2, 0.25) is 0 Å². The summed E-state index contributed by atoms with van der Waals surface area (Å²) in [4.78, 5) is 4.40. The Morgan fingerprint density at radius 1 is 0.967 bits per heavy atom. The Morgan fingerprint density at radius 3 is 2.30 bits per heavy atom. The molecule has 3 aromatic rings. The van der Waals surface area contributed by atoms with E-state index >= 15 is 0 Å². The van der Waals surface area contributed by atoms with Crippen molar-refractivity contribution >= 4 is 11.4 Å². The minimum absolute atomic E-state index is 0.0527. The largest absolute Gasteiger partial charge is 0.496 e. The lowest BCUT2D eigenvalue weighted by molar-refractivity contribution is -0.137. The highest BCUT2D eigenvalue weighted by molar-refractivity contribution is 6.10. The average molecular weight is 413 g/mol. The number of hydrogen-bond acceptors (Lipinski definition) is 2. The molecule has 0 saturated heterocycles. The molecule has 3 rings (SSSR count). The molecule has 0 saturated carbocycles. The van der Waals surface area contributed by atoms with E-state index in [1.807, 2.05) is 49.4 Å². The normalized spacial score (nSPS) is 12.4. The number of alkyl halides is 3. The molecule has 0 heterocycles. The van der Waals surface area contributed by atoms with Gasteiger partial charge < -0.3 is 4.74 Å². The van der Waals surface area contributed by atoms with Crippen LogP contribution >= 0.6 is 0 Å². The van der Waals surface area contributed by atoms with Crippen LogP contribution in [0.25, 0.3) is 0 Å². The van der Waals surface area contributed by atoms with Gasteiger partial charge in [-0.25, -0.2) is 9.38 Å². The lowest BCUT2D eigenvalue weighted by Gasteiger charge is -2.10. The van der Waals surface area contributed by atoms with E-state index < -0.39 is 17.6 Å². The molecular formula is C24H19F4NO. The van der Waals surface area contributed by atoms with Crippen molar-refractivity contribution in [1.82, 2.24) is 0 Å². The Bertz CT molecular complexity index is 1040. The molecule has 0 aromatic heterocycles. The van der Waals surface area contributed by atoms with E-state index in [0.717, 1.165) is 23.3 Å². The standard InChI is InChI=1S/C24H19F4NO/c1-17-7-10-20(11-8-17)29-23(13-14-30-16-18-5-3-2-4-6-18)21-12-9-19(15-22(21)25)24(26,27)28/h2-15H,16H2,1H3. The second kappa shape index (κ2) is 9.39. The maximum Gasteiger partial charge on any atom is 0.416 e. The maximum atomic E-state index is 14.5. The molecule has 0 amide bonds. The van der Waals surface area contributed by atoms with Crippen LogP contribution in [-0.4, -0.2) is 5.71 Å². The van der Waals surface area contributed by atoms with Gasteiger partial charge >= 0.3 is 6.18 Å². The number of allylic oxidation sites excluding steroid dienone is 1. The topological polar surface area (TPSA) is 21.6 Å². The van der Waals surface area contributed by atoms with Gasteiger partial charge in [-0.05, 0) is 48.9 Å². The quantitative estimate of drug-likeness (QED) is 0.242. The molecule has 2 nitrogen and oxygen atoms in total. The second-order valence-electron chi connectivity index (χ2n) is 6.62. The summed E-state index contributed by atoms with van der Waals surface area (Å²) in [7, 11) is 0. The summed E-state index contributed by atoms with van der Waals surface area (Å²) >= 11 is 0. The number of benzene rings is 3. The minimum Gasteiger partial charge on any atom is -0.496 e. The SMILES string of the molecule is Cc1ccc(N=C(C=COCc2ccccc2)c2ccc(C(F)(F)F)cc2F)cc1. The molecule has 0 N–H and O–H groups in total. The third-order valence-electron chi connectivity index (χ3n) is 4.27. The van der Waals surface area contributed by atoms with Crippen molar-refractivity contribution in [3.8, 4) is 0 Å². The molecule has 0 bridgehead atoms. The number of nitrogens with zero attached hydrogens (tertiary/aromatic N) is 1. The number of rotatable bonds is 6. The highest BCUT2D eigenvalue weighted by atomic mass is 19.4. The molecule has 0 atom stereocenters. The molecule has 0 fully saturated rings. The van der Waals surface area contributed by atoms with Crippen molar-refractivity contribution in [3.05, 3.63) is 113 Å². The summed E-state index contributed by atoms with van der Waals surface area (Å²) in [5.74, 6) is -1.01. The van der Waals surface area contributed by atoms with Crippen molar-refractivity contribution < 1.29 is 22.3 Å². The van der Waals surface area contributed by atoms with Gasteiger partial charge in [0.1, 0.15) is 12.4 Å². The zero-order chi connectivity index (χ0) is 21.6. The second-order valence-corrected chi connectivity index (χ2v) is 6.62. The van der Waals surface area contributed by atoms with E-state index in [1.165, 1.54) is 12.3 Å². The number of hydrogen-bond donors (Lipinski definition) is 0. The number of aryl methyl sites for hydroxylation is 1. The molecule has 6 heteroatoms. The Hall–Kier alpha value is -3.41. The van der Waals surface area contributed by atoms with E-state index in [-0.39, 0.29) is 11.3 Å². The minimum atomic E-state index is -4.62.